The van der Waals surface area contributed by atoms with Crippen LogP contribution in [0.1, 0.15) is 0 Å². The lowest BCUT2D eigenvalue weighted by molar-refractivity contribution is 0.631. The molecule has 0 aliphatic heterocycles. The summed E-state index contributed by atoms with van der Waals surface area (Å²) in [6, 6.07) is 16.6. The lowest BCUT2D eigenvalue weighted by Crippen LogP contribution is -1.83. The average Bonchev–Trinajstić information content (AvgIpc) is 2.90. The third-order valence-corrected chi connectivity index (χ3v) is 3.57. The van der Waals surface area contributed by atoms with Gasteiger partial charge in [-0.05, 0) is 12.1 Å². The van der Waals surface area contributed by atoms with E-state index >= 15 is 0 Å². The van der Waals surface area contributed by atoms with Crippen LogP contribution in [0, 0.1) is 5.82 Å². The monoisotopic (exact) mass is 255 g/mol. The molecule has 2 aromatic carbocycles. The van der Waals surface area contributed by atoms with Crippen molar-refractivity contribution in [3.05, 3.63) is 65.8 Å². The molecule has 0 fully saturated rings. The Morgan fingerprint density at radius 2 is 1.61 bits per heavy atom. The predicted molar refractivity (Wildman–Crippen MR) is 72.9 cm³/mol. The highest BCUT2D eigenvalue weighted by atomic mass is 32.1. The van der Waals surface area contributed by atoms with Gasteiger partial charge in [0, 0.05) is 16.5 Å². The fourth-order valence-electron chi connectivity index (χ4n) is 1.78. The third-order valence-electron chi connectivity index (χ3n) is 2.67. The third kappa shape index (κ3) is 2.05. The van der Waals surface area contributed by atoms with Crippen LogP contribution in [0.25, 0.3) is 21.8 Å². The highest BCUT2D eigenvalue weighted by molar-refractivity contribution is 7.13. The first kappa shape index (κ1) is 11.1. The van der Waals surface area contributed by atoms with Crippen LogP contribution in [0.5, 0.6) is 0 Å². The van der Waals surface area contributed by atoms with Gasteiger partial charge >= 0.3 is 0 Å². The van der Waals surface area contributed by atoms with Crippen molar-refractivity contribution in [2.45, 2.75) is 0 Å². The normalized spacial score (nSPS) is 10.5. The molecular weight excluding hydrogens is 245 g/mol. The van der Waals surface area contributed by atoms with E-state index in [2.05, 4.69) is 4.98 Å². The summed E-state index contributed by atoms with van der Waals surface area (Å²) in [5.41, 5.74) is 2.30. The molecule has 0 bridgehead atoms. The number of rotatable bonds is 2. The zero-order chi connectivity index (χ0) is 12.4. The molecule has 3 rings (SSSR count). The summed E-state index contributed by atoms with van der Waals surface area (Å²) in [6.07, 6.45) is 0. The van der Waals surface area contributed by atoms with Gasteiger partial charge in [0.1, 0.15) is 10.8 Å². The quantitative estimate of drug-likeness (QED) is 0.651. The second kappa shape index (κ2) is 4.70. The molecule has 0 atom stereocenters. The summed E-state index contributed by atoms with van der Waals surface area (Å²) in [6.45, 7) is 0. The molecule has 1 aromatic heterocycles. The summed E-state index contributed by atoms with van der Waals surface area (Å²) >= 11 is 1.53. The molecule has 1 heterocycles. The van der Waals surface area contributed by atoms with E-state index in [0.717, 1.165) is 10.6 Å². The molecule has 1 nitrogen and oxygen atoms in total. The topological polar surface area (TPSA) is 12.9 Å². The first-order valence-corrected chi connectivity index (χ1v) is 6.48. The highest BCUT2D eigenvalue weighted by Gasteiger charge is 2.09. The number of hydrogen-bond donors (Lipinski definition) is 0. The zero-order valence-electron chi connectivity index (χ0n) is 9.51. The summed E-state index contributed by atoms with van der Waals surface area (Å²) < 4.78 is 13.7. The molecule has 0 saturated heterocycles. The Balaban J connectivity index is 2.03. The minimum atomic E-state index is -0.234. The van der Waals surface area contributed by atoms with Crippen molar-refractivity contribution in [1.82, 2.24) is 4.98 Å². The van der Waals surface area contributed by atoms with Crippen LogP contribution in [0.3, 0.4) is 0 Å². The van der Waals surface area contributed by atoms with Gasteiger partial charge in [-0.25, -0.2) is 9.37 Å². The number of benzene rings is 2. The fraction of sp³-hybridized carbons (Fsp3) is 0. The maximum atomic E-state index is 13.7. The average molecular weight is 255 g/mol. The van der Waals surface area contributed by atoms with Crippen molar-refractivity contribution in [2.24, 2.45) is 0 Å². The van der Waals surface area contributed by atoms with E-state index in [4.69, 9.17) is 0 Å². The molecule has 0 aliphatic rings. The summed E-state index contributed by atoms with van der Waals surface area (Å²) in [4.78, 5) is 4.49. The lowest BCUT2D eigenvalue weighted by atomic mass is 10.1. The Hall–Kier alpha value is -2.00. The molecule has 88 valence electrons. The zero-order valence-corrected chi connectivity index (χ0v) is 10.3. The molecule has 3 heteroatoms. The van der Waals surface area contributed by atoms with Crippen LogP contribution in [-0.2, 0) is 0 Å². The molecule has 0 amide bonds. The maximum absolute atomic E-state index is 13.7. The molecular formula is C15H10FNS. The maximum Gasteiger partial charge on any atom is 0.132 e. The molecule has 0 N–H and O–H groups in total. The Morgan fingerprint density at radius 1 is 0.889 bits per heavy atom. The molecule has 0 saturated carbocycles. The molecule has 3 aromatic rings. The van der Waals surface area contributed by atoms with Gasteiger partial charge < -0.3 is 0 Å². The Labute approximate surface area is 109 Å². The second-order valence-electron chi connectivity index (χ2n) is 3.88. The van der Waals surface area contributed by atoms with Gasteiger partial charge in [-0.2, -0.15) is 0 Å². The van der Waals surface area contributed by atoms with Crippen molar-refractivity contribution >= 4 is 11.3 Å². The van der Waals surface area contributed by atoms with E-state index < -0.39 is 0 Å². The number of thiazole rings is 1. The van der Waals surface area contributed by atoms with E-state index in [1.807, 2.05) is 41.8 Å². The van der Waals surface area contributed by atoms with Crippen molar-refractivity contribution in [1.29, 1.82) is 0 Å². The van der Waals surface area contributed by atoms with Crippen LogP contribution in [0.2, 0.25) is 0 Å². The van der Waals surface area contributed by atoms with Gasteiger partial charge in [0.25, 0.3) is 0 Å². The van der Waals surface area contributed by atoms with Gasteiger partial charge in [-0.3, -0.25) is 0 Å². The number of nitrogens with zero attached hydrogens (tertiary/aromatic N) is 1. The molecule has 0 unspecified atom stereocenters. The Kier molecular flexibility index (Phi) is 2.90. The van der Waals surface area contributed by atoms with E-state index in [0.29, 0.717) is 11.3 Å². The molecule has 0 radical (unpaired) electrons. The lowest BCUT2D eigenvalue weighted by Gasteiger charge is -1.98. The van der Waals surface area contributed by atoms with Gasteiger partial charge in [-0.15, -0.1) is 11.3 Å². The number of hydrogen-bond acceptors (Lipinski definition) is 2. The van der Waals surface area contributed by atoms with Gasteiger partial charge in [0.15, 0.2) is 0 Å². The molecule has 18 heavy (non-hydrogen) atoms. The van der Waals surface area contributed by atoms with Crippen LogP contribution < -0.4 is 0 Å². The van der Waals surface area contributed by atoms with E-state index in [1.54, 1.807) is 12.1 Å². The highest BCUT2D eigenvalue weighted by Crippen LogP contribution is 2.29. The Bertz CT molecular complexity index is 661. The van der Waals surface area contributed by atoms with Crippen LogP contribution in [-0.4, -0.2) is 4.98 Å². The molecule has 0 spiro atoms. The fourth-order valence-corrected chi connectivity index (χ4v) is 2.61. The SMILES string of the molecule is Fc1ccccc1-c1csc(-c2ccccc2)n1. The smallest absolute Gasteiger partial charge is 0.132 e. The van der Waals surface area contributed by atoms with E-state index in [1.165, 1.54) is 17.4 Å². The molecule has 0 aliphatic carbocycles. The van der Waals surface area contributed by atoms with Crippen LogP contribution >= 0.6 is 11.3 Å². The van der Waals surface area contributed by atoms with Crippen molar-refractivity contribution in [2.75, 3.05) is 0 Å². The van der Waals surface area contributed by atoms with E-state index in [-0.39, 0.29) is 5.82 Å². The predicted octanol–water partition coefficient (Wildman–Crippen LogP) is 4.62. The Morgan fingerprint density at radius 3 is 2.39 bits per heavy atom. The van der Waals surface area contributed by atoms with Crippen molar-refractivity contribution in [3.63, 3.8) is 0 Å². The summed E-state index contributed by atoms with van der Waals surface area (Å²) in [7, 11) is 0. The van der Waals surface area contributed by atoms with E-state index in [9.17, 15) is 4.39 Å². The van der Waals surface area contributed by atoms with Crippen LogP contribution in [0.4, 0.5) is 4.39 Å². The number of halogens is 1. The van der Waals surface area contributed by atoms with Gasteiger partial charge in [0.2, 0.25) is 0 Å². The first-order valence-electron chi connectivity index (χ1n) is 5.60. The summed E-state index contributed by atoms with van der Waals surface area (Å²) in [5.74, 6) is -0.234. The number of aromatic nitrogens is 1. The van der Waals surface area contributed by atoms with Gasteiger partial charge in [0.05, 0.1) is 5.69 Å². The minimum absolute atomic E-state index is 0.234. The van der Waals surface area contributed by atoms with Crippen LogP contribution in [0.15, 0.2) is 60.0 Å². The summed E-state index contributed by atoms with van der Waals surface area (Å²) in [5, 5.41) is 2.80. The second-order valence-corrected chi connectivity index (χ2v) is 4.74. The first-order chi connectivity index (χ1) is 8.84. The standard InChI is InChI=1S/C15H10FNS/c16-13-9-5-4-8-12(13)14-10-18-15(17-14)11-6-2-1-3-7-11/h1-10H. The van der Waals surface area contributed by atoms with Gasteiger partial charge in [-0.1, -0.05) is 42.5 Å². The largest absolute Gasteiger partial charge is 0.236 e. The van der Waals surface area contributed by atoms with Crippen molar-refractivity contribution < 1.29 is 4.39 Å². The minimum Gasteiger partial charge on any atom is -0.236 e. The van der Waals surface area contributed by atoms with Crippen molar-refractivity contribution in [3.8, 4) is 21.8 Å².